The lowest BCUT2D eigenvalue weighted by Crippen LogP contribution is -2.14. The highest BCUT2D eigenvalue weighted by atomic mass is 35.5. The number of aryl methyl sites for hydroxylation is 1. The van der Waals surface area contributed by atoms with Crippen LogP contribution in [0.2, 0.25) is 5.02 Å². The van der Waals surface area contributed by atoms with Gasteiger partial charge < -0.3 is 16.4 Å². The number of hydrogen-bond acceptors (Lipinski definition) is 5. The molecule has 1 aromatic carbocycles. The molecule has 0 aliphatic carbocycles. The number of aromatic nitrogens is 2. The SMILES string of the molecule is Cc1nc(NCCN)cc(Nc2ccc(Cl)cc2)n1. The minimum Gasteiger partial charge on any atom is -0.369 e. The first-order valence-corrected chi connectivity index (χ1v) is 6.37. The summed E-state index contributed by atoms with van der Waals surface area (Å²) in [6, 6.07) is 9.29. The number of nitrogens with two attached hydrogens (primary N) is 1. The van der Waals surface area contributed by atoms with Gasteiger partial charge in [-0.15, -0.1) is 0 Å². The van der Waals surface area contributed by atoms with E-state index in [-0.39, 0.29) is 0 Å². The predicted octanol–water partition coefficient (Wildman–Crippen LogP) is 2.55. The monoisotopic (exact) mass is 277 g/mol. The van der Waals surface area contributed by atoms with Gasteiger partial charge in [-0.05, 0) is 31.2 Å². The lowest BCUT2D eigenvalue weighted by atomic mass is 10.3. The van der Waals surface area contributed by atoms with Crippen LogP contribution in [0.5, 0.6) is 0 Å². The average Bonchev–Trinajstić information content (AvgIpc) is 2.38. The Morgan fingerprint density at radius 3 is 2.53 bits per heavy atom. The highest BCUT2D eigenvalue weighted by Crippen LogP contribution is 2.19. The zero-order chi connectivity index (χ0) is 13.7. The third-order valence-corrected chi connectivity index (χ3v) is 2.66. The van der Waals surface area contributed by atoms with Crippen LogP contribution >= 0.6 is 11.6 Å². The molecule has 2 aromatic rings. The van der Waals surface area contributed by atoms with Gasteiger partial charge >= 0.3 is 0 Å². The molecular weight excluding hydrogens is 262 g/mol. The van der Waals surface area contributed by atoms with Crippen molar-refractivity contribution >= 4 is 28.9 Å². The van der Waals surface area contributed by atoms with Crippen LogP contribution < -0.4 is 16.4 Å². The van der Waals surface area contributed by atoms with E-state index in [1.54, 1.807) is 0 Å². The minimum absolute atomic E-state index is 0.559. The Labute approximate surface area is 117 Å². The van der Waals surface area contributed by atoms with Crippen molar-refractivity contribution in [2.45, 2.75) is 6.92 Å². The first-order chi connectivity index (χ1) is 9.17. The van der Waals surface area contributed by atoms with Crippen LogP contribution in [0.4, 0.5) is 17.3 Å². The van der Waals surface area contributed by atoms with Crippen LogP contribution in [-0.4, -0.2) is 23.1 Å². The first-order valence-electron chi connectivity index (χ1n) is 5.99. The third-order valence-electron chi connectivity index (χ3n) is 2.41. The van der Waals surface area contributed by atoms with Gasteiger partial charge in [0.25, 0.3) is 0 Å². The van der Waals surface area contributed by atoms with Crippen LogP contribution in [0.25, 0.3) is 0 Å². The number of nitrogens with zero attached hydrogens (tertiary/aromatic N) is 2. The summed E-state index contributed by atoms with van der Waals surface area (Å²) in [5.74, 6) is 2.18. The molecule has 0 amide bonds. The first kappa shape index (κ1) is 13.6. The molecule has 0 atom stereocenters. The topological polar surface area (TPSA) is 75.9 Å². The van der Waals surface area contributed by atoms with Crippen molar-refractivity contribution in [3.8, 4) is 0 Å². The number of benzene rings is 1. The fraction of sp³-hybridized carbons (Fsp3) is 0.231. The van der Waals surface area contributed by atoms with E-state index in [9.17, 15) is 0 Å². The molecule has 2 rings (SSSR count). The van der Waals surface area contributed by atoms with E-state index in [1.807, 2.05) is 37.3 Å². The molecule has 100 valence electrons. The van der Waals surface area contributed by atoms with Gasteiger partial charge in [0.1, 0.15) is 17.5 Å². The van der Waals surface area contributed by atoms with E-state index in [1.165, 1.54) is 0 Å². The summed E-state index contributed by atoms with van der Waals surface area (Å²) in [7, 11) is 0. The Morgan fingerprint density at radius 1 is 1.16 bits per heavy atom. The summed E-state index contributed by atoms with van der Waals surface area (Å²) in [6.45, 7) is 3.08. The molecule has 1 aromatic heterocycles. The van der Waals surface area contributed by atoms with Crippen molar-refractivity contribution in [1.29, 1.82) is 0 Å². The van der Waals surface area contributed by atoms with E-state index < -0.39 is 0 Å². The van der Waals surface area contributed by atoms with Gasteiger partial charge in [0.05, 0.1) is 0 Å². The second-order valence-corrected chi connectivity index (χ2v) is 4.47. The molecule has 4 N–H and O–H groups in total. The molecule has 1 heterocycles. The normalized spacial score (nSPS) is 10.3. The molecule has 6 heteroatoms. The summed E-state index contributed by atoms with van der Waals surface area (Å²) in [5, 5.41) is 7.04. The molecule has 0 unspecified atom stereocenters. The Hall–Kier alpha value is -1.85. The summed E-state index contributed by atoms with van der Waals surface area (Å²) < 4.78 is 0. The van der Waals surface area contributed by atoms with Crippen LogP contribution in [0.1, 0.15) is 5.82 Å². The molecule has 0 spiro atoms. The summed E-state index contributed by atoms with van der Waals surface area (Å²) in [5.41, 5.74) is 6.38. The molecule has 0 radical (unpaired) electrons. The Balaban J connectivity index is 2.15. The number of halogens is 1. The number of hydrogen-bond donors (Lipinski definition) is 3. The second kappa shape index (κ2) is 6.36. The van der Waals surface area contributed by atoms with Gasteiger partial charge in [-0.2, -0.15) is 0 Å². The number of rotatable bonds is 5. The number of nitrogens with one attached hydrogen (secondary N) is 2. The van der Waals surface area contributed by atoms with E-state index in [2.05, 4.69) is 20.6 Å². The summed E-state index contributed by atoms with van der Waals surface area (Å²) in [4.78, 5) is 8.62. The van der Waals surface area contributed by atoms with E-state index in [4.69, 9.17) is 17.3 Å². The van der Waals surface area contributed by atoms with Gasteiger partial charge in [-0.25, -0.2) is 9.97 Å². The summed E-state index contributed by atoms with van der Waals surface area (Å²) >= 11 is 5.85. The van der Waals surface area contributed by atoms with Crippen LogP contribution in [-0.2, 0) is 0 Å². The standard InChI is InChI=1S/C13H16ClN5/c1-9-17-12(16-7-6-15)8-13(18-9)19-11-4-2-10(14)3-5-11/h2-5,8H,6-7,15H2,1H3,(H2,16,17,18,19). The van der Waals surface area contributed by atoms with Crippen LogP contribution in [0.3, 0.4) is 0 Å². The molecule has 0 aliphatic heterocycles. The van der Waals surface area contributed by atoms with Crippen molar-refractivity contribution < 1.29 is 0 Å². The van der Waals surface area contributed by atoms with E-state index >= 15 is 0 Å². The lowest BCUT2D eigenvalue weighted by molar-refractivity contribution is 0.987. The fourth-order valence-electron chi connectivity index (χ4n) is 1.60. The van der Waals surface area contributed by atoms with Gasteiger partial charge in [0.15, 0.2) is 0 Å². The maximum atomic E-state index is 5.85. The van der Waals surface area contributed by atoms with Gasteiger partial charge in [-0.1, -0.05) is 11.6 Å². The van der Waals surface area contributed by atoms with Gasteiger partial charge in [-0.3, -0.25) is 0 Å². The second-order valence-electron chi connectivity index (χ2n) is 4.03. The van der Waals surface area contributed by atoms with Crippen molar-refractivity contribution in [2.75, 3.05) is 23.7 Å². The largest absolute Gasteiger partial charge is 0.369 e. The highest BCUT2D eigenvalue weighted by Gasteiger charge is 2.02. The zero-order valence-corrected chi connectivity index (χ0v) is 11.4. The average molecular weight is 278 g/mol. The highest BCUT2D eigenvalue weighted by molar-refractivity contribution is 6.30. The molecular formula is C13H16ClN5. The molecule has 0 fully saturated rings. The maximum absolute atomic E-state index is 5.85. The third kappa shape index (κ3) is 4.08. The van der Waals surface area contributed by atoms with E-state index in [0.717, 1.165) is 17.3 Å². The predicted molar refractivity (Wildman–Crippen MR) is 79.0 cm³/mol. The maximum Gasteiger partial charge on any atom is 0.136 e. The quantitative estimate of drug-likeness (QED) is 0.783. The molecule has 0 aliphatic rings. The van der Waals surface area contributed by atoms with Crippen LogP contribution in [0.15, 0.2) is 30.3 Å². The van der Waals surface area contributed by atoms with Crippen molar-refractivity contribution in [3.63, 3.8) is 0 Å². The fourth-order valence-corrected chi connectivity index (χ4v) is 1.73. The van der Waals surface area contributed by atoms with Crippen molar-refractivity contribution in [3.05, 3.63) is 41.2 Å². The molecule has 0 bridgehead atoms. The molecule has 0 saturated heterocycles. The van der Waals surface area contributed by atoms with Gasteiger partial charge in [0, 0.05) is 29.9 Å². The van der Waals surface area contributed by atoms with Crippen LogP contribution in [0, 0.1) is 6.92 Å². The summed E-state index contributed by atoms with van der Waals surface area (Å²) in [6.07, 6.45) is 0. The Bertz CT molecular complexity index is 541. The molecule has 19 heavy (non-hydrogen) atoms. The van der Waals surface area contributed by atoms with Crippen molar-refractivity contribution in [2.24, 2.45) is 5.73 Å². The Morgan fingerprint density at radius 2 is 1.84 bits per heavy atom. The Kier molecular flexibility index (Phi) is 4.54. The minimum atomic E-state index is 0.559. The van der Waals surface area contributed by atoms with Gasteiger partial charge in [0.2, 0.25) is 0 Å². The zero-order valence-electron chi connectivity index (χ0n) is 10.7. The van der Waals surface area contributed by atoms with E-state index in [0.29, 0.717) is 23.9 Å². The number of anilines is 3. The van der Waals surface area contributed by atoms with Crippen molar-refractivity contribution in [1.82, 2.24) is 9.97 Å². The smallest absolute Gasteiger partial charge is 0.136 e. The molecule has 5 nitrogen and oxygen atoms in total. The molecule has 0 saturated carbocycles. The lowest BCUT2D eigenvalue weighted by Gasteiger charge is -2.09.